The number of rotatable bonds is 5. The van der Waals surface area contributed by atoms with Crippen LogP contribution in [-0.2, 0) is 6.54 Å². The average molecular weight is 321 g/mol. The highest BCUT2D eigenvalue weighted by Gasteiger charge is 2.36. The lowest BCUT2D eigenvalue weighted by molar-refractivity contribution is 0.181. The van der Waals surface area contributed by atoms with Gasteiger partial charge in [-0.05, 0) is 31.8 Å². The first-order valence-electron chi connectivity index (χ1n) is 7.78. The van der Waals surface area contributed by atoms with E-state index in [2.05, 4.69) is 71.6 Å². The lowest BCUT2D eigenvalue weighted by Gasteiger charge is -2.37. The van der Waals surface area contributed by atoms with Gasteiger partial charge < -0.3 is 15.1 Å². The molecular formula is C17H28N4S. The van der Waals surface area contributed by atoms with Gasteiger partial charge in [0.1, 0.15) is 0 Å². The number of hydrogen-bond donors (Lipinski definition) is 1. The molecular weight excluding hydrogens is 292 g/mol. The molecule has 0 radical (unpaired) electrons. The van der Waals surface area contributed by atoms with Crippen LogP contribution in [0.2, 0.25) is 0 Å². The van der Waals surface area contributed by atoms with Crippen LogP contribution in [0.4, 0.5) is 0 Å². The van der Waals surface area contributed by atoms with E-state index in [-0.39, 0.29) is 5.54 Å². The fourth-order valence-corrected chi connectivity index (χ4v) is 4.36. The Kier molecular flexibility index (Phi) is 6.15. The van der Waals surface area contributed by atoms with Gasteiger partial charge in [-0.2, -0.15) is 11.8 Å². The summed E-state index contributed by atoms with van der Waals surface area (Å²) < 4.78 is 0. The van der Waals surface area contributed by atoms with E-state index in [0.717, 1.165) is 19.0 Å². The number of thioether (sulfide) groups is 1. The van der Waals surface area contributed by atoms with E-state index in [1.54, 1.807) is 0 Å². The third-order valence-electron chi connectivity index (χ3n) is 4.44. The van der Waals surface area contributed by atoms with Crippen molar-refractivity contribution in [2.45, 2.75) is 18.5 Å². The van der Waals surface area contributed by atoms with Gasteiger partial charge in [-0.3, -0.25) is 4.99 Å². The van der Waals surface area contributed by atoms with Crippen molar-refractivity contribution in [1.29, 1.82) is 0 Å². The maximum atomic E-state index is 4.44. The van der Waals surface area contributed by atoms with Crippen LogP contribution in [0.25, 0.3) is 0 Å². The fourth-order valence-electron chi connectivity index (χ4n) is 2.81. The molecule has 1 N–H and O–H groups in total. The Morgan fingerprint density at radius 1 is 1.27 bits per heavy atom. The van der Waals surface area contributed by atoms with Crippen LogP contribution < -0.4 is 5.32 Å². The van der Waals surface area contributed by atoms with Crippen LogP contribution in [0.1, 0.15) is 12.0 Å². The second kappa shape index (κ2) is 7.88. The molecule has 1 aliphatic heterocycles. The van der Waals surface area contributed by atoms with Crippen molar-refractivity contribution in [3.05, 3.63) is 35.9 Å². The highest BCUT2D eigenvalue weighted by Crippen LogP contribution is 2.31. The second-order valence-electron chi connectivity index (χ2n) is 6.16. The van der Waals surface area contributed by atoms with Crippen LogP contribution in [0.15, 0.2) is 35.3 Å². The summed E-state index contributed by atoms with van der Waals surface area (Å²) in [5.41, 5.74) is 1.54. The van der Waals surface area contributed by atoms with Crippen molar-refractivity contribution in [2.24, 2.45) is 4.99 Å². The van der Waals surface area contributed by atoms with Crippen LogP contribution in [-0.4, -0.2) is 67.5 Å². The molecule has 0 bridgehead atoms. The zero-order valence-electron chi connectivity index (χ0n) is 14.2. The van der Waals surface area contributed by atoms with E-state index in [0.29, 0.717) is 0 Å². The number of nitrogens with one attached hydrogen (secondary N) is 1. The van der Waals surface area contributed by atoms with Crippen molar-refractivity contribution >= 4 is 17.7 Å². The molecule has 0 saturated carbocycles. The number of likely N-dealkylation sites (N-methyl/N-ethyl adjacent to an activating group) is 1. The molecule has 1 fully saturated rings. The first kappa shape index (κ1) is 17.2. The van der Waals surface area contributed by atoms with E-state index < -0.39 is 0 Å². The fraction of sp³-hybridized carbons (Fsp3) is 0.588. The number of guanidine groups is 1. The molecule has 1 aliphatic rings. The summed E-state index contributed by atoms with van der Waals surface area (Å²) >= 11 is 2.04. The van der Waals surface area contributed by atoms with Crippen molar-refractivity contribution < 1.29 is 0 Å². The summed E-state index contributed by atoms with van der Waals surface area (Å²) in [5.74, 6) is 3.40. The molecule has 0 spiro atoms. The van der Waals surface area contributed by atoms with Gasteiger partial charge in [-0.1, -0.05) is 30.3 Å². The molecule has 1 saturated heterocycles. The van der Waals surface area contributed by atoms with Gasteiger partial charge in [0.15, 0.2) is 5.96 Å². The predicted octanol–water partition coefficient (Wildman–Crippen LogP) is 2.13. The highest BCUT2D eigenvalue weighted by molar-refractivity contribution is 7.99. The molecule has 122 valence electrons. The number of aliphatic imine (C=N–C) groups is 1. The Morgan fingerprint density at radius 2 is 2.00 bits per heavy atom. The van der Waals surface area contributed by atoms with E-state index in [1.165, 1.54) is 23.5 Å². The third-order valence-corrected chi connectivity index (χ3v) is 5.68. The minimum Gasteiger partial charge on any atom is -0.354 e. The minimum absolute atomic E-state index is 0.244. The van der Waals surface area contributed by atoms with Gasteiger partial charge in [0, 0.05) is 38.5 Å². The van der Waals surface area contributed by atoms with Gasteiger partial charge in [-0.15, -0.1) is 0 Å². The normalized spacial score (nSPS) is 22.1. The molecule has 1 aromatic carbocycles. The first-order chi connectivity index (χ1) is 10.6. The summed E-state index contributed by atoms with van der Waals surface area (Å²) in [6.07, 6.45) is 1.23. The van der Waals surface area contributed by atoms with Crippen molar-refractivity contribution in [2.75, 3.05) is 46.2 Å². The van der Waals surface area contributed by atoms with Gasteiger partial charge in [0.05, 0.1) is 0 Å². The second-order valence-corrected chi connectivity index (χ2v) is 7.27. The third kappa shape index (κ3) is 4.17. The van der Waals surface area contributed by atoms with E-state index in [9.17, 15) is 0 Å². The Hall–Kier alpha value is -1.20. The van der Waals surface area contributed by atoms with Gasteiger partial charge >= 0.3 is 0 Å². The lowest BCUT2D eigenvalue weighted by Crippen LogP contribution is -2.54. The zero-order chi connectivity index (χ0) is 16.0. The molecule has 5 heteroatoms. The summed E-state index contributed by atoms with van der Waals surface area (Å²) in [6.45, 7) is 1.81. The SMILES string of the molecule is CN=C(NCC1(N(C)C)CCSC1)N(C)Cc1ccccc1. The number of hydrogen-bond acceptors (Lipinski definition) is 3. The molecule has 0 aromatic heterocycles. The molecule has 1 unspecified atom stereocenters. The van der Waals surface area contributed by atoms with Crippen molar-refractivity contribution in [3.63, 3.8) is 0 Å². The van der Waals surface area contributed by atoms with Crippen LogP contribution >= 0.6 is 11.8 Å². The summed E-state index contributed by atoms with van der Waals surface area (Å²) in [4.78, 5) is 8.99. The monoisotopic (exact) mass is 320 g/mol. The Bertz CT molecular complexity index is 481. The van der Waals surface area contributed by atoms with Crippen LogP contribution in [0.3, 0.4) is 0 Å². The van der Waals surface area contributed by atoms with Crippen LogP contribution in [0, 0.1) is 0 Å². The maximum absolute atomic E-state index is 4.44. The molecule has 22 heavy (non-hydrogen) atoms. The predicted molar refractivity (Wildman–Crippen MR) is 97.6 cm³/mol. The highest BCUT2D eigenvalue weighted by atomic mass is 32.2. The Labute approximate surface area is 139 Å². The number of nitrogens with zero attached hydrogens (tertiary/aromatic N) is 3. The average Bonchev–Trinajstić information content (AvgIpc) is 2.99. The molecule has 2 rings (SSSR count). The standard InChI is InChI=1S/C17H28N4S/c1-18-16(21(4)12-15-8-6-5-7-9-15)19-13-17(20(2)3)10-11-22-14-17/h5-9H,10-14H2,1-4H3,(H,18,19). The van der Waals surface area contributed by atoms with Gasteiger partial charge in [-0.25, -0.2) is 0 Å². The molecule has 1 heterocycles. The lowest BCUT2D eigenvalue weighted by atomic mass is 9.97. The minimum atomic E-state index is 0.244. The largest absolute Gasteiger partial charge is 0.354 e. The summed E-state index contributed by atoms with van der Waals surface area (Å²) in [6, 6.07) is 10.5. The number of benzene rings is 1. The molecule has 1 aromatic rings. The van der Waals surface area contributed by atoms with Crippen LogP contribution in [0.5, 0.6) is 0 Å². The summed E-state index contributed by atoms with van der Waals surface area (Å²) in [7, 11) is 8.32. The van der Waals surface area contributed by atoms with Crippen molar-refractivity contribution in [3.8, 4) is 0 Å². The quantitative estimate of drug-likeness (QED) is 0.665. The molecule has 4 nitrogen and oxygen atoms in total. The Morgan fingerprint density at radius 3 is 2.55 bits per heavy atom. The van der Waals surface area contributed by atoms with Gasteiger partial charge in [0.25, 0.3) is 0 Å². The Balaban J connectivity index is 1.94. The molecule has 0 amide bonds. The van der Waals surface area contributed by atoms with E-state index >= 15 is 0 Å². The maximum Gasteiger partial charge on any atom is 0.193 e. The van der Waals surface area contributed by atoms with E-state index in [1.807, 2.05) is 18.8 Å². The zero-order valence-corrected chi connectivity index (χ0v) is 15.0. The van der Waals surface area contributed by atoms with Crippen molar-refractivity contribution in [1.82, 2.24) is 15.1 Å². The smallest absolute Gasteiger partial charge is 0.193 e. The first-order valence-corrected chi connectivity index (χ1v) is 8.94. The topological polar surface area (TPSA) is 30.9 Å². The van der Waals surface area contributed by atoms with Gasteiger partial charge in [0.2, 0.25) is 0 Å². The van der Waals surface area contributed by atoms with E-state index in [4.69, 9.17) is 0 Å². The molecule has 1 atom stereocenters. The molecule has 0 aliphatic carbocycles. The summed E-state index contributed by atoms with van der Waals surface area (Å²) in [5, 5.41) is 3.57.